The van der Waals surface area contributed by atoms with Crippen molar-refractivity contribution in [3.63, 3.8) is 0 Å². The highest BCUT2D eigenvalue weighted by Gasteiger charge is 2.58. The van der Waals surface area contributed by atoms with Crippen molar-refractivity contribution in [2.24, 2.45) is 11.3 Å². The van der Waals surface area contributed by atoms with E-state index in [1.54, 1.807) is 13.8 Å². The molecule has 0 heterocycles. The van der Waals surface area contributed by atoms with Gasteiger partial charge in [0.25, 0.3) is 0 Å². The predicted octanol–water partition coefficient (Wildman–Crippen LogP) is 8.85. The van der Waals surface area contributed by atoms with Crippen molar-refractivity contribution >= 4 is 17.9 Å². The van der Waals surface area contributed by atoms with Crippen LogP contribution in [0.25, 0.3) is 0 Å². The van der Waals surface area contributed by atoms with Crippen LogP contribution in [0.1, 0.15) is 182 Å². The molecule has 48 heavy (non-hydrogen) atoms. The lowest BCUT2D eigenvalue weighted by Crippen LogP contribution is -2.62. The van der Waals surface area contributed by atoms with E-state index in [1.807, 2.05) is 0 Å². The topological polar surface area (TPSA) is 140 Å². The fourth-order valence-corrected chi connectivity index (χ4v) is 5.97. The second-order valence-corrected chi connectivity index (χ2v) is 14.1. The average molecular weight is 685 g/mol. The molecule has 0 rings (SSSR count). The summed E-state index contributed by atoms with van der Waals surface area (Å²) in [5.41, 5.74) is -3.83. The molecule has 2 atom stereocenters. The lowest BCUT2D eigenvalue weighted by atomic mass is 9.71. The van der Waals surface area contributed by atoms with Gasteiger partial charge >= 0.3 is 17.9 Å². The molecule has 0 bridgehead atoms. The molecule has 0 aromatic rings. The van der Waals surface area contributed by atoms with Gasteiger partial charge < -0.3 is 20.1 Å². The van der Waals surface area contributed by atoms with Crippen LogP contribution in [-0.4, -0.2) is 58.1 Å². The molecule has 9 nitrogen and oxygen atoms in total. The van der Waals surface area contributed by atoms with E-state index in [-0.39, 0.29) is 25.7 Å². The number of aliphatic hydroxyl groups excluding tert-OH is 3. The highest BCUT2D eigenvalue weighted by molar-refractivity contribution is 5.85. The van der Waals surface area contributed by atoms with Crippen LogP contribution in [0.4, 0.5) is 0 Å². The quantitative estimate of drug-likeness (QED) is 0.0215. The number of ether oxygens (including phenoxy) is 1. The zero-order chi connectivity index (χ0) is 36.1. The Hall–Kier alpha value is -1.97. The Morgan fingerprint density at radius 2 is 1.15 bits per heavy atom. The first kappa shape index (κ1) is 46.0. The number of aliphatic hydroxyl groups is 3. The molecule has 0 spiro atoms. The third-order valence-electron chi connectivity index (χ3n) is 9.38. The van der Waals surface area contributed by atoms with Gasteiger partial charge in [0, 0.05) is 18.3 Å². The van der Waals surface area contributed by atoms with Crippen LogP contribution in [0.5, 0.6) is 0 Å². The van der Waals surface area contributed by atoms with E-state index in [1.165, 1.54) is 38.5 Å². The maximum atomic E-state index is 13.5. The van der Waals surface area contributed by atoms with Crippen molar-refractivity contribution in [1.29, 1.82) is 0 Å². The summed E-state index contributed by atoms with van der Waals surface area (Å²) in [5.74, 6) is -2.06. The minimum Gasteiger partial charge on any atom is -0.444 e. The molecule has 0 amide bonds. The Labute approximate surface area is 292 Å². The summed E-state index contributed by atoms with van der Waals surface area (Å²) in [5, 5.41) is 31.8. The molecule has 9 heteroatoms. The number of unbranched alkanes of at least 4 members (excludes halogenated alkanes) is 14. The number of allylic oxidation sites excluding steroid dienone is 2. The van der Waals surface area contributed by atoms with Crippen molar-refractivity contribution < 1.29 is 44.2 Å². The summed E-state index contributed by atoms with van der Waals surface area (Å²) in [6, 6.07) is 0. The summed E-state index contributed by atoms with van der Waals surface area (Å²) in [6.45, 7) is 8.62. The van der Waals surface area contributed by atoms with Gasteiger partial charge in [-0.2, -0.15) is 0 Å². The zero-order valence-corrected chi connectivity index (χ0v) is 31.3. The van der Waals surface area contributed by atoms with E-state index >= 15 is 0 Å². The lowest BCUT2D eigenvalue weighted by Gasteiger charge is -2.43. The Morgan fingerprint density at radius 3 is 1.65 bits per heavy atom. The van der Waals surface area contributed by atoms with E-state index in [2.05, 4.69) is 32.9 Å². The maximum absolute atomic E-state index is 13.5. The average Bonchev–Trinajstić information content (AvgIpc) is 3.07. The van der Waals surface area contributed by atoms with Crippen LogP contribution in [0.3, 0.4) is 0 Å². The highest BCUT2D eigenvalue weighted by atomic mass is 17.2. The van der Waals surface area contributed by atoms with Crippen LogP contribution in [0.2, 0.25) is 0 Å². The van der Waals surface area contributed by atoms with Gasteiger partial charge in [-0.05, 0) is 50.9 Å². The Morgan fingerprint density at radius 1 is 0.646 bits per heavy atom. The van der Waals surface area contributed by atoms with Crippen molar-refractivity contribution in [1.82, 2.24) is 0 Å². The second kappa shape index (κ2) is 28.8. The van der Waals surface area contributed by atoms with Gasteiger partial charge in [0.15, 0.2) is 0 Å². The van der Waals surface area contributed by atoms with E-state index in [0.717, 1.165) is 64.2 Å². The van der Waals surface area contributed by atoms with Crippen LogP contribution >= 0.6 is 0 Å². The molecule has 0 aliphatic carbocycles. The molecular weight excluding hydrogens is 612 g/mol. The fourth-order valence-electron chi connectivity index (χ4n) is 5.97. The van der Waals surface area contributed by atoms with E-state index in [9.17, 15) is 29.7 Å². The standard InChI is InChI=1S/C39H72O9/c1-6-9-10-11-12-13-14-15-16-17-18-19-20-21-26-29-35(43)47-48-37(45)39(30-7-2,36(44)38(8-3,31-40)32-41)46-34(42)28-25-23-22-24-27-33(4)5/h15-16,33,36,40-41,44H,6-14,17-32H2,1-5H3/b16-15+. The van der Waals surface area contributed by atoms with Gasteiger partial charge in [0.1, 0.15) is 6.10 Å². The minimum atomic E-state index is -2.27. The summed E-state index contributed by atoms with van der Waals surface area (Å²) in [7, 11) is 0. The zero-order valence-electron chi connectivity index (χ0n) is 31.3. The largest absolute Gasteiger partial charge is 0.444 e. The number of hydrogen-bond donors (Lipinski definition) is 3. The van der Waals surface area contributed by atoms with Gasteiger partial charge in [0.05, 0.1) is 19.6 Å². The summed E-state index contributed by atoms with van der Waals surface area (Å²) in [6.07, 6.45) is 22.2. The molecular formula is C39H72O9. The number of carbonyl (C=O) groups is 3. The van der Waals surface area contributed by atoms with E-state index in [0.29, 0.717) is 25.2 Å². The summed E-state index contributed by atoms with van der Waals surface area (Å²) >= 11 is 0. The van der Waals surface area contributed by atoms with Crippen LogP contribution in [0, 0.1) is 11.3 Å². The molecule has 2 unspecified atom stereocenters. The van der Waals surface area contributed by atoms with Crippen LogP contribution < -0.4 is 0 Å². The smallest absolute Gasteiger partial charge is 0.401 e. The molecule has 0 aromatic heterocycles. The Kier molecular flexibility index (Phi) is 27.6. The van der Waals surface area contributed by atoms with E-state index < -0.39 is 48.2 Å². The first-order valence-corrected chi connectivity index (χ1v) is 19.3. The first-order chi connectivity index (χ1) is 23.1. The van der Waals surface area contributed by atoms with Crippen molar-refractivity contribution in [3.8, 4) is 0 Å². The molecule has 0 aliphatic rings. The van der Waals surface area contributed by atoms with Gasteiger partial charge in [-0.3, -0.25) is 4.79 Å². The summed E-state index contributed by atoms with van der Waals surface area (Å²) < 4.78 is 5.70. The van der Waals surface area contributed by atoms with Gasteiger partial charge in [-0.25, -0.2) is 19.4 Å². The fraction of sp³-hybridized carbons (Fsp3) is 0.872. The number of rotatable bonds is 31. The molecule has 3 N–H and O–H groups in total. The predicted molar refractivity (Wildman–Crippen MR) is 191 cm³/mol. The van der Waals surface area contributed by atoms with Crippen LogP contribution in [0.15, 0.2) is 12.2 Å². The van der Waals surface area contributed by atoms with Crippen molar-refractivity contribution in [2.45, 2.75) is 194 Å². The van der Waals surface area contributed by atoms with Gasteiger partial charge in [0.2, 0.25) is 5.60 Å². The molecule has 0 fully saturated rings. The van der Waals surface area contributed by atoms with E-state index in [4.69, 9.17) is 14.5 Å². The number of carbonyl (C=O) groups excluding carboxylic acids is 3. The minimum absolute atomic E-state index is 0.0276. The number of esters is 1. The van der Waals surface area contributed by atoms with Gasteiger partial charge in [-0.15, -0.1) is 0 Å². The number of hydrogen-bond acceptors (Lipinski definition) is 9. The molecule has 282 valence electrons. The molecule has 0 aromatic carbocycles. The monoisotopic (exact) mass is 685 g/mol. The SMILES string of the molecule is CCCCCCCC/C=C/CCCCCCCC(=O)OOC(=O)C(CCC)(OC(=O)CCCCCCC(C)C)C(O)C(CC)(CO)CO. The third-order valence-corrected chi connectivity index (χ3v) is 9.38. The van der Waals surface area contributed by atoms with Crippen molar-refractivity contribution in [2.75, 3.05) is 13.2 Å². The third kappa shape index (κ3) is 19.3. The summed E-state index contributed by atoms with van der Waals surface area (Å²) in [4.78, 5) is 48.7. The second-order valence-electron chi connectivity index (χ2n) is 14.1. The Balaban J connectivity index is 4.92. The lowest BCUT2D eigenvalue weighted by molar-refractivity contribution is -0.283. The normalized spacial score (nSPS) is 13.9. The molecule has 0 saturated carbocycles. The van der Waals surface area contributed by atoms with Crippen molar-refractivity contribution in [3.05, 3.63) is 12.2 Å². The first-order valence-electron chi connectivity index (χ1n) is 19.3. The molecule has 0 radical (unpaired) electrons. The van der Waals surface area contributed by atoms with Gasteiger partial charge in [-0.1, -0.05) is 130 Å². The maximum Gasteiger partial charge on any atom is 0.401 e. The Bertz CT molecular complexity index is 844. The molecule has 0 aliphatic heterocycles. The molecule has 0 saturated heterocycles. The highest BCUT2D eigenvalue weighted by Crippen LogP contribution is 2.38. The van der Waals surface area contributed by atoms with Crippen LogP contribution in [-0.2, 0) is 28.9 Å².